The number of aryl methyl sites for hydroxylation is 1. The fourth-order valence-corrected chi connectivity index (χ4v) is 2.66. The van der Waals surface area contributed by atoms with E-state index in [9.17, 15) is 0 Å². The molecule has 0 unspecified atom stereocenters. The Morgan fingerprint density at radius 1 is 1.40 bits per heavy atom. The highest BCUT2D eigenvalue weighted by atomic mass is 32.1. The van der Waals surface area contributed by atoms with Gasteiger partial charge < -0.3 is 5.32 Å². The second-order valence-corrected chi connectivity index (χ2v) is 4.75. The van der Waals surface area contributed by atoms with E-state index < -0.39 is 0 Å². The molecule has 2 nitrogen and oxygen atoms in total. The summed E-state index contributed by atoms with van der Waals surface area (Å²) >= 11 is 1.81. The lowest BCUT2D eigenvalue weighted by molar-refractivity contribution is 0.715. The molecule has 0 amide bonds. The lowest BCUT2D eigenvalue weighted by atomic mass is 10.2. The third-order valence-corrected chi connectivity index (χ3v) is 3.51. The van der Waals surface area contributed by atoms with E-state index in [1.165, 1.54) is 20.8 Å². The molecule has 0 spiro atoms. The number of likely N-dealkylation sites (N-methyl/N-ethyl adjacent to an activating group) is 1. The number of benzene rings is 1. The van der Waals surface area contributed by atoms with Crippen LogP contribution in [0.2, 0.25) is 0 Å². The van der Waals surface area contributed by atoms with Crippen LogP contribution in [0.3, 0.4) is 0 Å². The second-order valence-electron chi connectivity index (χ2n) is 3.63. The SMILES string of the molecule is CCNCCc1nc2c(C)cccc2s1. The molecule has 1 aromatic carbocycles. The molecule has 0 saturated heterocycles. The molecule has 0 aliphatic rings. The monoisotopic (exact) mass is 220 g/mol. The molecule has 80 valence electrons. The molecule has 15 heavy (non-hydrogen) atoms. The van der Waals surface area contributed by atoms with Crippen molar-refractivity contribution in [2.24, 2.45) is 0 Å². The van der Waals surface area contributed by atoms with Gasteiger partial charge in [0.2, 0.25) is 0 Å². The first-order valence-electron chi connectivity index (χ1n) is 5.37. The van der Waals surface area contributed by atoms with Crippen LogP contribution in [0.5, 0.6) is 0 Å². The first-order valence-corrected chi connectivity index (χ1v) is 6.18. The van der Waals surface area contributed by atoms with E-state index in [1.807, 2.05) is 11.3 Å². The molecule has 0 atom stereocenters. The predicted octanol–water partition coefficient (Wildman–Crippen LogP) is 2.76. The highest BCUT2D eigenvalue weighted by Gasteiger charge is 2.04. The molecule has 0 bridgehead atoms. The van der Waals surface area contributed by atoms with Gasteiger partial charge in [0, 0.05) is 13.0 Å². The van der Waals surface area contributed by atoms with Gasteiger partial charge in [0.1, 0.15) is 0 Å². The predicted molar refractivity (Wildman–Crippen MR) is 66.6 cm³/mol. The Morgan fingerprint density at radius 3 is 3.00 bits per heavy atom. The highest BCUT2D eigenvalue weighted by Crippen LogP contribution is 2.24. The summed E-state index contributed by atoms with van der Waals surface area (Å²) in [4.78, 5) is 4.66. The fourth-order valence-electron chi connectivity index (χ4n) is 1.61. The second kappa shape index (κ2) is 4.73. The number of thiazole rings is 1. The highest BCUT2D eigenvalue weighted by molar-refractivity contribution is 7.18. The van der Waals surface area contributed by atoms with Crippen LogP contribution in [0.1, 0.15) is 17.5 Å². The first-order chi connectivity index (χ1) is 7.31. The fraction of sp³-hybridized carbons (Fsp3) is 0.417. The minimum atomic E-state index is 1.02. The molecule has 1 N–H and O–H groups in total. The Morgan fingerprint density at radius 2 is 2.27 bits per heavy atom. The minimum absolute atomic E-state index is 1.02. The summed E-state index contributed by atoms with van der Waals surface area (Å²) in [6.07, 6.45) is 1.03. The number of hydrogen-bond acceptors (Lipinski definition) is 3. The minimum Gasteiger partial charge on any atom is -0.317 e. The summed E-state index contributed by atoms with van der Waals surface area (Å²) in [5.41, 5.74) is 2.45. The van der Waals surface area contributed by atoms with Crippen molar-refractivity contribution in [2.45, 2.75) is 20.3 Å². The summed E-state index contributed by atoms with van der Waals surface area (Å²) in [6, 6.07) is 6.37. The Bertz CT molecular complexity index is 448. The summed E-state index contributed by atoms with van der Waals surface area (Å²) < 4.78 is 1.31. The first kappa shape index (κ1) is 10.6. The molecule has 0 fully saturated rings. The number of aromatic nitrogens is 1. The van der Waals surface area contributed by atoms with Gasteiger partial charge in [0.05, 0.1) is 15.2 Å². The van der Waals surface area contributed by atoms with Gasteiger partial charge in [-0.05, 0) is 25.1 Å². The summed E-state index contributed by atoms with van der Waals surface area (Å²) in [5.74, 6) is 0. The molecule has 0 saturated carbocycles. The smallest absolute Gasteiger partial charge is 0.0951 e. The number of hydrogen-bond donors (Lipinski definition) is 1. The third-order valence-electron chi connectivity index (χ3n) is 2.43. The van der Waals surface area contributed by atoms with E-state index in [0.717, 1.165) is 19.5 Å². The van der Waals surface area contributed by atoms with Crippen molar-refractivity contribution >= 4 is 21.6 Å². The van der Waals surface area contributed by atoms with Crippen LogP contribution < -0.4 is 5.32 Å². The third kappa shape index (κ3) is 2.36. The van der Waals surface area contributed by atoms with Crippen molar-refractivity contribution in [3.05, 3.63) is 28.8 Å². The van der Waals surface area contributed by atoms with E-state index in [2.05, 4.69) is 42.3 Å². The largest absolute Gasteiger partial charge is 0.317 e. The molecular weight excluding hydrogens is 204 g/mol. The number of para-hydroxylation sites is 1. The molecule has 0 radical (unpaired) electrons. The van der Waals surface area contributed by atoms with Crippen LogP contribution in [0.4, 0.5) is 0 Å². The lowest BCUT2D eigenvalue weighted by Gasteiger charge is -1.96. The van der Waals surface area contributed by atoms with Crippen molar-refractivity contribution in [3.63, 3.8) is 0 Å². The molecule has 2 aromatic rings. The van der Waals surface area contributed by atoms with Crippen molar-refractivity contribution in [1.82, 2.24) is 10.3 Å². The number of rotatable bonds is 4. The van der Waals surface area contributed by atoms with E-state index >= 15 is 0 Å². The molecule has 3 heteroatoms. The van der Waals surface area contributed by atoms with Gasteiger partial charge in [-0.15, -0.1) is 11.3 Å². The summed E-state index contributed by atoms with van der Waals surface area (Å²) in [6.45, 7) is 6.30. The average molecular weight is 220 g/mol. The topological polar surface area (TPSA) is 24.9 Å². The van der Waals surface area contributed by atoms with Crippen LogP contribution in [0, 0.1) is 6.92 Å². The van der Waals surface area contributed by atoms with E-state index in [1.54, 1.807) is 0 Å². The number of nitrogens with zero attached hydrogens (tertiary/aromatic N) is 1. The van der Waals surface area contributed by atoms with Gasteiger partial charge in [-0.1, -0.05) is 19.1 Å². The zero-order valence-corrected chi connectivity index (χ0v) is 10.0. The van der Waals surface area contributed by atoms with Gasteiger partial charge in [-0.3, -0.25) is 0 Å². The Kier molecular flexibility index (Phi) is 3.34. The van der Waals surface area contributed by atoms with Crippen LogP contribution in [-0.4, -0.2) is 18.1 Å². The van der Waals surface area contributed by atoms with Gasteiger partial charge in [-0.2, -0.15) is 0 Å². The van der Waals surface area contributed by atoms with Gasteiger partial charge in [0.25, 0.3) is 0 Å². The molecule has 1 aromatic heterocycles. The normalized spacial score (nSPS) is 11.1. The molecule has 0 aliphatic carbocycles. The van der Waals surface area contributed by atoms with Crippen LogP contribution in [-0.2, 0) is 6.42 Å². The zero-order valence-electron chi connectivity index (χ0n) is 9.21. The van der Waals surface area contributed by atoms with Crippen molar-refractivity contribution in [3.8, 4) is 0 Å². The molecule has 2 rings (SSSR count). The molecular formula is C12H16N2S. The van der Waals surface area contributed by atoms with Gasteiger partial charge in [0.15, 0.2) is 0 Å². The standard InChI is InChI=1S/C12H16N2S/c1-3-13-8-7-11-14-12-9(2)5-4-6-10(12)15-11/h4-6,13H,3,7-8H2,1-2H3. The summed E-state index contributed by atoms with van der Waals surface area (Å²) in [5, 5.41) is 4.56. The average Bonchev–Trinajstić information content (AvgIpc) is 2.63. The Hall–Kier alpha value is -0.930. The maximum Gasteiger partial charge on any atom is 0.0951 e. The van der Waals surface area contributed by atoms with Gasteiger partial charge in [-0.25, -0.2) is 4.98 Å². The lowest BCUT2D eigenvalue weighted by Crippen LogP contribution is -2.15. The van der Waals surface area contributed by atoms with E-state index in [4.69, 9.17) is 0 Å². The quantitative estimate of drug-likeness (QED) is 0.801. The maximum absolute atomic E-state index is 4.66. The van der Waals surface area contributed by atoms with Crippen molar-refractivity contribution < 1.29 is 0 Å². The molecule has 1 heterocycles. The van der Waals surface area contributed by atoms with E-state index in [-0.39, 0.29) is 0 Å². The molecule has 0 aliphatic heterocycles. The zero-order chi connectivity index (χ0) is 10.7. The van der Waals surface area contributed by atoms with E-state index in [0.29, 0.717) is 0 Å². The Labute approximate surface area is 94.3 Å². The van der Waals surface area contributed by atoms with Crippen molar-refractivity contribution in [1.29, 1.82) is 0 Å². The maximum atomic E-state index is 4.66. The van der Waals surface area contributed by atoms with Gasteiger partial charge >= 0.3 is 0 Å². The van der Waals surface area contributed by atoms with Crippen LogP contribution in [0.25, 0.3) is 10.2 Å². The van der Waals surface area contributed by atoms with Crippen LogP contribution >= 0.6 is 11.3 Å². The Balaban J connectivity index is 2.20. The van der Waals surface area contributed by atoms with Crippen molar-refractivity contribution in [2.75, 3.05) is 13.1 Å². The number of fused-ring (bicyclic) bond motifs is 1. The summed E-state index contributed by atoms with van der Waals surface area (Å²) in [7, 11) is 0. The number of nitrogens with one attached hydrogen (secondary N) is 1. The van der Waals surface area contributed by atoms with Crippen LogP contribution in [0.15, 0.2) is 18.2 Å².